The Hall–Kier alpha value is -2.66. The normalized spacial score (nSPS) is 18.8. The fourth-order valence-electron chi connectivity index (χ4n) is 2.19. The summed E-state index contributed by atoms with van der Waals surface area (Å²) in [6.45, 7) is 0. The second kappa shape index (κ2) is 4.79. The number of aliphatic hydroxyl groups excluding tert-OH is 1. The first kappa shape index (κ1) is 12.4. The first-order valence-corrected chi connectivity index (χ1v) is 6.15. The predicted octanol–water partition coefficient (Wildman–Crippen LogP) is 1.98. The number of rotatable bonds is 2. The number of urea groups is 1. The van der Waals surface area contributed by atoms with Gasteiger partial charge in [-0.1, -0.05) is 36.4 Å². The zero-order valence-electron chi connectivity index (χ0n) is 10.5. The summed E-state index contributed by atoms with van der Waals surface area (Å²) in [4.78, 5) is 26.6. The minimum absolute atomic E-state index is 0.444. The summed E-state index contributed by atoms with van der Waals surface area (Å²) < 4.78 is 0. The quantitative estimate of drug-likeness (QED) is 0.847. The van der Waals surface area contributed by atoms with Gasteiger partial charge in [-0.05, 0) is 24.3 Å². The van der Waals surface area contributed by atoms with Gasteiger partial charge in [0, 0.05) is 5.69 Å². The Balaban J connectivity index is 2.01. The Bertz CT molecular complexity index is 643. The van der Waals surface area contributed by atoms with E-state index in [1.54, 1.807) is 60.7 Å². The molecule has 0 bridgehead atoms. The Kier molecular flexibility index (Phi) is 2.96. The molecule has 1 fully saturated rings. The molecule has 0 radical (unpaired) electrons. The monoisotopic (exact) mass is 268 g/mol. The zero-order valence-corrected chi connectivity index (χ0v) is 10.5. The van der Waals surface area contributed by atoms with E-state index in [2.05, 4.69) is 0 Å². The van der Waals surface area contributed by atoms with E-state index in [1.807, 2.05) is 0 Å². The summed E-state index contributed by atoms with van der Waals surface area (Å²) in [7, 11) is 0. The van der Waals surface area contributed by atoms with Crippen LogP contribution in [0.5, 0.6) is 0 Å². The molecule has 2 aromatic carbocycles. The van der Waals surface area contributed by atoms with Crippen molar-refractivity contribution in [2.75, 3.05) is 9.80 Å². The molecule has 1 aliphatic rings. The van der Waals surface area contributed by atoms with E-state index in [-0.39, 0.29) is 0 Å². The SMILES string of the molecule is O=C1C(O)N(c2ccccc2)C(=O)N1c1ccccc1. The molecule has 0 aromatic heterocycles. The number of carbonyl (C=O) groups excluding carboxylic acids is 2. The number of aliphatic hydroxyl groups is 1. The van der Waals surface area contributed by atoms with Crippen molar-refractivity contribution in [2.24, 2.45) is 0 Å². The van der Waals surface area contributed by atoms with Gasteiger partial charge in [-0.2, -0.15) is 0 Å². The molecule has 5 nitrogen and oxygen atoms in total. The standard InChI is InChI=1S/C15H12N2O3/c18-13-14(19)17(12-9-5-2-6-10-12)15(20)16(13)11-7-3-1-4-8-11/h1-10,13,18H. The lowest BCUT2D eigenvalue weighted by Gasteiger charge is -2.18. The second-order valence-corrected chi connectivity index (χ2v) is 4.37. The van der Waals surface area contributed by atoms with Crippen molar-refractivity contribution in [3.63, 3.8) is 0 Å². The van der Waals surface area contributed by atoms with Gasteiger partial charge < -0.3 is 5.11 Å². The van der Waals surface area contributed by atoms with Crippen LogP contribution in [0.2, 0.25) is 0 Å². The molecule has 20 heavy (non-hydrogen) atoms. The highest BCUT2D eigenvalue weighted by Crippen LogP contribution is 2.28. The van der Waals surface area contributed by atoms with Gasteiger partial charge in [0.15, 0.2) is 0 Å². The summed E-state index contributed by atoms with van der Waals surface area (Å²) >= 11 is 0. The van der Waals surface area contributed by atoms with Gasteiger partial charge in [-0.25, -0.2) is 9.69 Å². The molecule has 1 unspecified atom stereocenters. The molecule has 0 saturated carbocycles. The number of benzene rings is 2. The van der Waals surface area contributed by atoms with Crippen molar-refractivity contribution >= 4 is 23.3 Å². The third-order valence-corrected chi connectivity index (χ3v) is 3.13. The summed E-state index contributed by atoms with van der Waals surface area (Å²) in [5, 5.41) is 10.0. The summed E-state index contributed by atoms with van der Waals surface area (Å²) in [5.74, 6) is -0.648. The van der Waals surface area contributed by atoms with Crippen molar-refractivity contribution < 1.29 is 14.7 Å². The maximum absolute atomic E-state index is 12.4. The van der Waals surface area contributed by atoms with Crippen LogP contribution >= 0.6 is 0 Å². The van der Waals surface area contributed by atoms with Gasteiger partial charge in [-0.15, -0.1) is 0 Å². The minimum Gasteiger partial charge on any atom is -0.365 e. The van der Waals surface area contributed by atoms with Gasteiger partial charge in [0.25, 0.3) is 5.91 Å². The van der Waals surface area contributed by atoms with E-state index < -0.39 is 18.2 Å². The highest BCUT2D eigenvalue weighted by molar-refractivity contribution is 6.27. The Morgan fingerprint density at radius 1 is 0.800 bits per heavy atom. The molecule has 1 N–H and O–H groups in total. The molecular weight excluding hydrogens is 256 g/mol. The summed E-state index contributed by atoms with van der Waals surface area (Å²) in [6, 6.07) is 16.6. The van der Waals surface area contributed by atoms with Crippen molar-refractivity contribution in [3.05, 3.63) is 60.7 Å². The summed E-state index contributed by atoms with van der Waals surface area (Å²) in [6.07, 6.45) is -1.50. The van der Waals surface area contributed by atoms with Crippen molar-refractivity contribution in [1.29, 1.82) is 0 Å². The van der Waals surface area contributed by atoms with E-state index in [0.29, 0.717) is 11.4 Å². The lowest BCUT2D eigenvalue weighted by atomic mass is 10.3. The van der Waals surface area contributed by atoms with Crippen LogP contribution in [0, 0.1) is 0 Å². The average molecular weight is 268 g/mol. The van der Waals surface area contributed by atoms with E-state index in [4.69, 9.17) is 0 Å². The number of amides is 3. The highest BCUT2D eigenvalue weighted by Gasteiger charge is 2.45. The molecule has 100 valence electrons. The smallest absolute Gasteiger partial charge is 0.338 e. The number of anilines is 2. The van der Waals surface area contributed by atoms with Crippen LogP contribution in [0.4, 0.5) is 16.2 Å². The van der Waals surface area contributed by atoms with Crippen molar-refractivity contribution in [2.45, 2.75) is 6.23 Å². The van der Waals surface area contributed by atoms with Crippen LogP contribution in [-0.4, -0.2) is 23.3 Å². The lowest BCUT2D eigenvalue weighted by Crippen LogP contribution is -2.34. The van der Waals surface area contributed by atoms with Gasteiger partial charge in [0.1, 0.15) is 0 Å². The number of para-hydroxylation sites is 2. The molecule has 0 aliphatic carbocycles. The maximum atomic E-state index is 12.4. The Morgan fingerprint density at radius 3 is 1.85 bits per heavy atom. The third-order valence-electron chi connectivity index (χ3n) is 3.13. The number of hydrogen-bond acceptors (Lipinski definition) is 3. The third kappa shape index (κ3) is 1.85. The predicted molar refractivity (Wildman–Crippen MR) is 74.3 cm³/mol. The molecule has 0 spiro atoms. The van der Waals surface area contributed by atoms with E-state index in [1.165, 1.54) is 0 Å². The molecule has 1 heterocycles. The molecule has 3 rings (SSSR count). The molecule has 1 aliphatic heterocycles. The first-order chi connectivity index (χ1) is 9.70. The van der Waals surface area contributed by atoms with Crippen LogP contribution < -0.4 is 9.80 Å². The maximum Gasteiger partial charge on any atom is 0.338 e. The molecule has 1 saturated heterocycles. The minimum atomic E-state index is -1.50. The van der Waals surface area contributed by atoms with Gasteiger partial charge in [-0.3, -0.25) is 9.69 Å². The number of hydrogen-bond donors (Lipinski definition) is 1. The first-order valence-electron chi connectivity index (χ1n) is 6.15. The van der Waals surface area contributed by atoms with Crippen LogP contribution in [0.15, 0.2) is 60.7 Å². The van der Waals surface area contributed by atoms with Crippen LogP contribution in [0.3, 0.4) is 0 Å². The topological polar surface area (TPSA) is 60.9 Å². The number of carbonyl (C=O) groups is 2. The fraction of sp³-hybridized carbons (Fsp3) is 0.0667. The molecule has 2 aromatic rings. The van der Waals surface area contributed by atoms with Gasteiger partial charge in [0.05, 0.1) is 5.69 Å². The van der Waals surface area contributed by atoms with E-state index in [0.717, 1.165) is 9.80 Å². The average Bonchev–Trinajstić information content (AvgIpc) is 2.71. The van der Waals surface area contributed by atoms with Crippen LogP contribution in [0.25, 0.3) is 0 Å². The van der Waals surface area contributed by atoms with Crippen molar-refractivity contribution in [3.8, 4) is 0 Å². The highest BCUT2D eigenvalue weighted by atomic mass is 16.3. The van der Waals surface area contributed by atoms with E-state index >= 15 is 0 Å². The van der Waals surface area contributed by atoms with Crippen LogP contribution in [-0.2, 0) is 4.79 Å². The van der Waals surface area contributed by atoms with Gasteiger partial charge >= 0.3 is 6.03 Å². The second-order valence-electron chi connectivity index (χ2n) is 4.37. The Morgan fingerprint density at radius 2 is 1.30 bits per heavy atom. The Labute approximate surface area is 115 Å². The fourth-order valence-corrected chi connectivity index (χ4v) is 2.19. The lowest BCUT2D eigenvalue weighted by molar-refractivity contribution is -0.123. The zero-order chi connectivity index (χ0) is 14.1. The van der Waals surface area contributed by atoms with E-state index in [9.17, 15) is 14.7 Å². The number of imide groups is 1. The number of nitrogens with zero attached hydrogens (tertiary/aromatic N) is 2. The molecule has 1 atom stereocenters. The molecule has 5 heteroatoms. The summed E-state index contributed by atoms with van der Waals surface area (Å²) in [5.41, 5.74) is 0.928. The van der Waals surface area contributed by atoms with Crippen molar-refractivity contribution in [1.82, 2.24) is 0 Å². The largest absolute Gasteiger partial charge is 0.365 e. The molecular formula is C15H12N2O3. The van der Waals surface area contributed by atoms with Crippen LogP contribution in [0.1, 0.15) is 0 Å². The van der Waals surface area contributed by atoms with Gasteiger partial charge in [0.2, 0.25) is 6.23 Å². The molecule has 3 amide bonds.